The lowest BCUT2D eigenvalue weighted by molar-refractivity contribution is 0.482. The van der Waals surface area contributed by atoms with Gasteiger partial charge < -0.3 is 4.74 Å². The average Bonchev–Trinajstić information content (AvgIpc) is 2.23. The Labute approximate surface area is 102 Å². The van der Waals surface area contributed by atoms with Gasteiger partial charge in [-0.1, -0.05) is 18.2 Å². The normalized spacial score (nSPS) is 9.13. The van der Waals surface area contributed by atoms with Crippen molar-refractivity contribution in [1.29, 1.82) is 0 Å². The molecule has 0 heterocycles. The molecule has 0 aliphatic carbocycles. The molecular formula is C12H12OS2. The maximum Gasteiger partial charge on any atom is 0.127 e. The number of ether oxygens (including phenoxy) is 1. The van der Waals surface area contributed by atoms with Crippen LogP contribution in [0.15, 0.2) is 59.5 Å². The molecule has 0 bridgehead atoms. The summed E-state index contributed by atoms with van der Waals surface area (Å²) < 4.78 is 5.60. The molecule has 0 atom stereocenters. The highest BCUT2D eigenvalue weighted by Gasteiger charge is 1.94. The number of rotatable bonds is 2. The third kappa shape index (κ3) is 3.53. The standard InChI is InChI=1S/C12H10OS.H2S/c14-12-8-6-11(7-9-12)13-10-4-2-1-3-5-10;/h1-9,14H;1H2. The van der Waals surface area contributed by atoms with Gasteiger partial charge >= 0.3 is 0 Å². The molecule has 0 spiro atoms. The molecule has 2 aromatic rings. The summed E-state index contributed by atoms with van der Waals surface area (Å²) in [6.07, 6.45) is 0. The van der Waals surface area contributed by atoms with Crippen molar-refractivity contribution in [1.82, 2.24) is 0 Å². The first kappa shape index (κ1) is 12.0. The predicted molar refractivity (Wildman–Crippen MR) is 70.6 cm³/mol. The van der Waals surface area contributed by atoms with Gasteiger partial charge in [-0.3, -0.25) is 0 Å². The predicted octanol–water partition coefficient (Wildman–Crippen LogP) is 3.88. The van der Waals surface area contributed by atoms with E-state index in [9.17, 15) is 0 Å². The van der Waals surface area contributed by atoms with Crippen molar-refractivity contribution >= 4 is 26.1 Å². The van der Waals surface area contributed by atoms with E-state index in [1.807, 2.05) is 54.6 Å². The van der Waals surface area contributed by atoms with E-state index >= 15 is 0 Å². The van der Waals surface area contributed by atoms with Crippen LogP contribution in [-0.4, -0.2) is 0 Å². The molecule has 0 aliphatic heterocycles. The molecule has 0 saturated carbocycles. The Morgan fingerprint density at radius 1 is 0.733 bits per heavy atom. The van der Waals surface area contributed by atoms with Crippen LogP contribution in [0.5, 0.6) is 11.5 Å². The second kappa shape index (κ2) is 5.73. The molecule has 1 nitrogen and oxygen atoms in total. The summed E-state index contributed by atoms with van der Waals surface area (Å²) >= 11 is 4.20. The Hall–Kier alpha value is -1.06. The second-order valence-electron chi connectivity index (χ2n) is 2.91. The molecule has 0 unspecified atom stereocenters. The Bertz CT molecular complexity index is 398. The van der Waals surface area contributed by atoms with Gasteiger partial charge in [0.15, 0.2) is 0 Å². The molecule has 78 valence electrons. The third-order valence-corrected chi connectivity index (χ3v) is 2.11. The molecule has 0 fully saturated rings. The van der Waals surface area contributed by atoms with Crippen LogP contribution in [0, 0.1) is 0 Å². The molecule has 15 heavy (non-hydrogen) atoms. The minimum Gasteiger partial charge on any atom is -0.457 e. The fraction of sp³-hybridized carbons (Fsp3) is 0. The number of hydrogen-bond donors (Lipinski definition) is 1. The number of para-hydroxylation sites is 1. The SMILES string of the molecule is S.Sc1ccc(Oc2ccccc2)cc1. The van der Waals surface area contributed by atoms with E-state index in [0.717, 1.165) is 16.4 Å². The van der Waals surface area contributed by atoms with Crippen LogP contribution in [-0.2, 0) is 0 Å². The van der Waals surface area contributed by atoms with Crippen molar-refractivity contribution in [2.45, 2.75) is 4.90 Å². The van der Waals surface area contributed by atoms with Gasteiger partial charge in [0.2, 0.25) is 0 Å². The van der Waals surface area contributed by atoms with Crippen LogP contribution in [0.4, 0.5) is 0 Å². The van der Waals surface area contributed by atoms with E-state index in [4.69, 9.17) is 4.74 Å². The summed E-state index contributed by atoms with van der Waals surface area (Å²) in [6.45, 7) is 0. The Morgan fingerprint density at radius 2 is 1.27 bits per heavy atom. The molecule has 3 heteroatoms. The summed E-state index contributed by atoms with van der Waals surface area (Å²) in [5.41, 5.74) is 0. The maximum absolute atomic E-state index is 5.60. The lowest BCUT2D eigenvalue weighted by atomic mass is 10.3. The van der Waals surface area contributed by atoms with Crippen LogP contribution < -0.4 is 4.74 Å². The van der Waals surface area contributed by atoms with E-state index in [2.05, 4.69) is 12.6 Å². The Balaban J connectivity index is 0.00000112. The first-order valence-corrected chi connectivity index (χ1v) is 4.81. The van der Waals surface area contributed by atoms with Crippen LogP contribution >= 0.6 is 26.1 Å². The van der Waals surface area contributed by atoms with Crippen LogP contribution in [0.1, 0.15) is 0 Å². The molecule has 0 aliphatic rings. The zero-order valence-corrected chi connectivity index (χ0v) is 9.95. The van der Waals surface area contributed by atoms with Crippen molar-refractivity contribution in [3.05, 3.63) is 54.6 Å². The lowest BCUT2D eigenvalue weighted by Gasteiger charge is -2.04. The molecule has 0 N–H and O–H groups in total. The summed E-state index contributed by atoms with van der Waals surface area (Å²) in [4.78, 5) is 0.936. The first-order valence-electron chi connectivity index (χ1n) is 4.36. The molecule has 0 amide bonds. The summed E-state index contributed by atoms with van der Waals surface area (Å²) in [7, 11) is 0. The summed E-state index contributed by atoms with van der Waals surface area (Å²) in [6, 6.07) is 17.3. The van der Waals surface area contributed by atoms with Crippen LogP contribution in [0.25, 0.3) is 0 Å². The number of hydrogen-bond acceptors (Lipinski definition) is 2. The van der Waals surface area contributed by atoms with Crippen molar-refractivity contribution < 1.29 is 4.74 Å². The Kier molecular flexibility index (Phi) is 4.59. The molecule has 0 aromatic heterocycles. The zero-order valence-electron chi connectivity index (χ0n) is 8.05. The van der Waals surface area contributed by atoms with E-state index in [1.54, 1.807) is 0 Å². The average molecular weight is 236 g/mol. The van der Waals surface area contributed by atoms with Gasteiger partial charge in [0.25, 0.3) is 0 Å². The van der Waals surface area contributed by atoms with Crippen molar-refractivity contribution in [2.24, 2.45) is 0 Å². The largest absolute Gasteiger partial charge is 0.457 e. The van der Waals surface area contributed by atoms with Gasteiger partial charge in [0.05, 0.1) is 0 Å². The van der Waals surface area contributed by atoms with Crippen LogP contribution in [0.2, 0.25) is 0 Å². The highest BCUT2D eigenvalue weighted by Crippen LogP contribution is 2.21. The van der Waals surface area contributed by atoms with Gasteiger partial charge in [-0.25, -0.2) is 0 Å². The smallest absolute Gasteiger partial charge is 0.127 e. The van der Waals surface area contributed by atoms with E-state index in [-0.39, 0.29) is 13.5 Å². The number of benzene rings is 2. The van der Waals surface area contributed by atoms with Gasteiger partial charge in [-0.15, -0.1) is 12.6 Å². The fourth-order valence-corrected chi connectivity index (χ4v) is 1.29. The van der Waals surface area contributed by atoms with Gasteiger partial charge in [0.1, 0.15) is 11.5 Å². The highest BCUT2D eigenvalue weighted by molar-refractivity contribution is 7.80. The van der Waals surface area contributed by atoms with E-state index in [0.29, 0.717) is 0 Å². The minimum atomic E-state index is 0. The van der Waals surface area contributed by atoms with E-state index < -0.39 is 0 Å². The summed E-state index contributed by atoms with van der Waals surface area (Å²) in [5.74, 6) is 1.67. The second-order valence-corrected chi connectivity index (χ2v) is 3.43. The topological polar surface area (TPSA) is 9.23 Å². The Morgan fingerprint density at radius 3 is 1.87 bits per heavy atom. The maximum atomic E-state index is 5.60. The summed E-state index contributed by atoms with van der Waals surface area (Å²) in [5, 5.41) is 0. The number of thiol groups is 1. The lowest BCUT2D eigenvalue weighted by Crippen LogP contribution is -1.82. The molecule has 0 radical (unpaired) electrons. The molecule has 2 aromatic carbocycles. The quantitative estimate of drug-likeness (QED) is 0.779. The molecule has 2 rings (SSSR count). The van der Waals surface area contributed by atoms with Gasteiger partial charge in [0, 0.05) is 4.90 Å². The monoisotopic (exact) mass is 236 g/mol. The van der Waals surface area contributed by atoms with Crippen molar-refractivity contribution in [2.75, 3.05) is 0 Å². The van der Waals surface area contributed by atoms with Gasteiger partial charge in [-0.2, -0.15) is 13.5 Å². The minimum absolute atomic E-state index is 0. The van der Waals surface area contributed by atoms with Crippen molar-refractivity contribution in [3.63, 3.8) is 0 Å². The molecular weight excluding hydrogens is 224 g/mol. The van der Waals surface area contributed by atoms with Gasteiger partial charge in [-0.05, 0) is 36.4 Å². The molecule has 0 saturated heterocycles. The first-order chi connectivity index (χ1) is 6.84. The van der Waals surface area contributed by atoms with Crippen molar-refractivity contribution in [3.8, 4) is 11.5 Å². The van der Waals surface area contributed by atoms with Crippen LogP contribution in [0.3, 0.4) is 0 Å². The third-order valence-electron chi connectivity index (χ3n) is 1.82. The fourth-order valence-electron chi connectivity index (χ4n) is 1.14. The zero-order chi connectivity index (χ0) is 9.80. The highest BCUT2D eigenvalue weighted by atomic mass is 32.1. The van der Waals surface area contributed by atoms with E-state index in [1.165, 1.54) is 0 Å².